The SMILES string of the molecule is COc1ccccc1NC(=O)C=Nc1ccccc1[O-]. The van der Waals surface area contributed by atoms with Gasteiger partial charge in [-0.1, -0.05) is 36.1 Å². The quantitative estimate of drug-likeness (QED) is 0.864. The Balaban J connectivity index is 2.08. The lowest BCUT2D eigenvalue weighted by Crippen LogP contribution is -2.13. The molecule has 0 aromatic heterocycles. The maximum atomic E-state index is 11.7. The standard InChI is InChI=1S/C15H14N2O3/c1-20-14-9-5-3-7-12(14)17-15(19)10-16-11-6-2-4-8-13(11)18/h2-10,18H,1H3,(H,17,19)/p-1. The number of nitrogens with one attached hydrogen (secondary N) is 1. The summed E-state index contributed by atoms with van der Waals surface area (Å²) >= 11 is 0. The highest BCUT2D eigenvalue weighted by Gasteiger charge is 2.04. The zero-order valence-corrected chi connectivity index (χ0v) is 10.9. The Morgan fingerprint density at radius 2 is 1.90 bits per heavy atom. The van der Waals surface area contributed by atoms with E-state index in [2.05, 4.69) is 10.3 Å². The van der Waals surface area contributed by atoms with Crippen molar-refractivity contribution < 1.29 is 14.6 Å². The molecule has 2 aromatic rings. The van der Waals surface area contributed by atoms with Crippen LogP contribution in [0.3, 0.4) is 0 Å². The van der Waals surface area contributed by atoms with E-state index < -0.39 is 5.91 Å². The van der Waals surface area contributed by atoms with Crippen LogP contribution in [0.15, 0.2) is 53.5 Å². The fourth-order valence-corrected chi connectivity index (χ4v) is 1.60. The first-order valence-electron chi connectivity index (χ1n) is 5.95. The van der Waals surface area contributed by atoms with E-state index >= 15 is 0 Å². The van der Waals surface area contributed by atoms with Gasteiger partial charge in [0, 0.05) is 0 Å². The zero-order valence-electron chi connectivity index (χ0n) is 10.9. The second-order valence-corrected chi connectivity index (χ2v) is 3.92. The predicted octanol–water partition coefficient (Wildman–Crippen LogP) is 2.11. The van der Waals surface area contributed by atoms with Crippen molar-refractivity contribution in [2.45, 2.75) is 0 Å². The van der Waals surface area contributed by atoms with Crippen LogP contribution >= 0.6 is 0 Å². The third-order valence-corrected chi connectivity index (χ3v) is 2.55. The number of aliphatic imine (C=N–C) groups is 1. The normalized spacial score (nSPS) is 10.4. The highest BCUT2D eigenvalue weighted by atomic mass is 16.5. The van der Waals surface area contributed by atoms with Crippen LogP contribution < -0.4 is 15.2 Å². The van der Waals surface area contributed by atoms with E-state index in [1.165, 1.54) is 13.2 Å². The predicted molar refractivity (Wildman–Crippen MR) is 75.7 cm³/mol. The minimum Gasteiger partial charge on any atom is -0.871 e. The van der Waals surface area contributed by atoms with E-state index in [4.69, 9.17) is 4.74 Å². The van der Waals surface area contributed by atoms with Crippen LogP contribution in [0.4, 0.5) is 11.4 Å². The van der Waals surface area contributed by atoms with Crippen LogP contribution in [-0.2, 0) is 4.79 Å². The van der Waals surface area contributed by atoms with E-state index in [-0.39, 0.29) is 11.4 Å². The minimum absolute atomic E-state index is 0.225. The van der Waals surface area contributed by atoms with Crippen molar-refractivity contribution in [3.63, 3.8) is 0 Å². The molecule has 0 aliphatic heterocycles. The van der Waals surface area contributed by atoms with Gasteiger partial charge in [-0.25, -0.2) is 0 Å². The molecule has 0 spiro atoms. The summed E-state index contributed by atoms with van der Waals surface area (Å²) in [5.74, 6) is -0.106. The first-order chi connectivity index (χ1) is 9.70. The second-order valence-electron chi connectivity index (χ2n) is 3.92. The highest BCUT2D eigenvalue weighted by molar-refractivity contribution is 6.32. The maximum absolute atomic E-state index is 11.7. The van der Waals surface area contributed by atoms with Crippen LogP contribution in [0.25, 0.3) is 0 Å². The molecule has 0 heterocycles. The molecule has 0 bridgehead atoms. The number of carbonyl (C=O) groups is 1. The lowest BCUT2D eigenvalue weighted by molar-refractivity contribution is -0.267. The Morgan fingerprint density at radius 3 is 2.65 bits per heavy atom. The topological polar surface area (TPSA) is 73.8 Å². The molecule has 2 rings (SSSR count). The van der Waals surface area contributed by atoms with Gasteiger partial charge in [-0.15, -0.1) is 0 Å². The van der Waals surface area contributed by atoms with Crippen molar-refractivity contribution in [3.05, 3.63) is 48.5 Å². The van der Waals surface area contributed by atoms with Gasteiger partial charge in [0.05, 0.1) is 24.7 Å². The molecule has 0 aliphatic rings. The number of methoxy groups -OCH3 is 1. The van der Waals surface area contributed by atoms with Crippen molar-refractivity contribution in [3.8, 4) is 11.5 Å². The number of benzene rings is 2. The molecule has 0 aliphatic carbocycles. The van der Waals surface area contributed by atoms with E-state index in [1.54, 1.807) is 42.5 Å². The van der Waals surface area contributed by atoms with Crippen LogP contribution in [0, 0.1) is 0 Å². The number of carbonyl (C=O) groups excluding carboxylic acids is 1. The third kappa shape index (κ3) is 3.35. The van der Waals surface area contributed by atoms with Crippen molar-refractivity contribution in [2.75, 3.05) is 12.4 Å². The molecular formula is C15H13N2O3-. The highest BCUT2D eigenvalue weighted by Crippen LogP contribution is 2.23. The van der Waals surface area contributed by atoms with Gasteiger partial charge >= 0.3 is 0 Å². The Bertz CT molecular complexity index is 639. The van der Waals surface area contributed by atoms with Crippen LogP contribution in [0.1, 0.15) is 0 Å². The van der Waals surface area contributed by atoms with Crippen molar-refractivity contribution >= 4 is 23.5 Å². The summed E-state index contributed by atoms with van der Waals surface area (Å²) < 4.78 is 5.12. The van der Waals surface area contributed by atoms with E-state index in [0.29, 0.717) is 11.4 Å². The average Bonchev–Trinajstić information content (AvgIpc) is 2.47. The Hall–Kier alpha value is -2.82. The molecule has 0 atom stereocenters. The lowest BCUT2D eigenvalue weighted by Gasteiger charge is -2.09. The van der Waals surface area contributed by atoms with E-state index in [0.717, 1.165) is 6.21 Å². The molecule has 5 nitrogen and oxygen atoms in total. The minimum atomic E-state index is -0.433. The molecule has 0 saturated heterocycles. The van der Waals surface area contributed by atoms with Gasteiger partial charge in [0.1, 0.15) is 5.75 Å². The van der Waals surface area contributed by atoms with Gasteiger partial charge in [0.2, 0.25) is 0 Å². The Labute approximate surface area is 116 Å². The summed E-state index contributed by atoms with van der Waals surface area (Å²) in [5, 5.41) is 14.1. The molecule has 0 fully saturated rings. The number of para-hydroxylation sites is 4. The Morgan fingerprint density at radius 1 is 1.20 bits per heavy atom. The number of nitrogens with zero attached hydrogens (tertiary/aromatic N) is 1. The molecule has 20 heavy (non-hydrogen) atoms. The summed E-state index contributed by atoms with van der Waals surface area (Å²) in [6.07, 6.45) is 1.07. The first kappa shape index (κ1) is 13.6. The van der Waals surface area contributed by atoms with Gasteiger partial charge in [0.15, 0.2) is 0 Å². The number of ether oxygens (including phenoxy) is 1. The fraction of sp³-hybridized carbons (Fsp3) is 0.0667. The fourth-order valence-electron chi connectivity index (χ4n) is 1.60. The molecule has 0 unspecified atom stereocenters. The molecule has 5 heteroatoms. The van der Waals surface area contributed by atoms with Crippen molar-refractivity contribution in [1.29, 1.82) is 0 Å². The average molecular weight is 269 g/mol. The number of hydrogen-bond donors (Lipinski definition) is 1. The summed E-state index contributed by atoms with van der Waals surface area (Å²) in [6, 6.07) is 13.3. The molecule has 0 radical (unpaired) electrons. The van der Waals surface area contributed by atoms with Gasteiger partial charge in [-0.3, -0.25) is 9.79 Å². The summed E-state index contributed by atoms with van der Waals surface area (Å²) in [4.78, 5) is 15.6. The number of anilines is 1. The molecule has 102 valence electrons. The third-order valence-electron chi connectivity index (χ3n) is 2.55. The van der Waals surface area contributed by atoms with Gasteiger partial charge in [-0.2, -0.15) is 0 Å². The van der Waals surface area contributed by atoms with Gasteiger partial charge in [0.25, 0.3) is 5.91 Å². The van der Waals surface area contributed by atoms with Crippen molar-refractivity contribution in [2.24, 2.45) is 4.99 Å². The summed E-state index contributed by atoms with van der Waals surface area (Å²) in [6.45, 7) is 0. The summed E-state index contributed by atoms with van der Waals surface area (Å²) in [5.41, 5.74) is 0.768. The zero-order chi connectivity index (χ0) is 14.4. The lowest BCUT2D eigenvalue weighted by atomic mass is 10.3. The van der Waals surface area contributed by atoms with Crippen molar-refractivity contribution in [1.82, 2.24) is 0 Å². The smallest absolute Gasteiger partial charge is 0.266 e. The molecule has 1 N–H and O–H groups in total. The van der Waals surface area contributed by atoms with Gasteiger partial charge in [-0.05, 0) is 18.2 Å². The number of amides is 1. The monoisotopic (exact) mass is 269 g/mol. The largest absolute Gasteiger partial charge is 0.871 e. The van der Waals surface area contributed by atoms with Crippen LogP contribution in [0.5, 0.6) is 11.5 Å². The second kappa shape index (κ2) is 6.38. The van der Waals surface area contributed by atoms with E-state index in [9.17, 15) is 9.90 Å². The maximum Gasteiger partial charge on any atom is 0.266 e. The number of hydrogen-bond acceptors (Lipinski definition) is 4. The molecule has 0 saturated carbocycles. The molecule has 1 amide bonds. The summed E-state index contributed by atoms with van der Waals surface area (Å²) in [7, 11) is 1.52. The van der Waals surface area contributed by atoms with Gasteiger partial charge < -0.3 is 15.2 Å². The first-order valence-corrected chi connectivity index (χ1v) is 5.95. The van der Waals surface area contributed by atoms with E-state index in [1.807, 2.05) is 0 Å². The van der Waals surface area contributed by atoms with Crippen LogP contribution in [-0.4, -0.2) is 19.2 Å². The van der Waals surface area contributed by atoms with Crippen LogP contribution in [0.2, 0.25) is 0 Å². The number of rotatable bonds is 4. The molecular weight excluding hydrogens is 256 g/mol. The Kier molecular flexibility index (Phi) is 4.34. The molecule has 2 aromatic carbocycles.